The Balaban J connectivity index is 1.56. The average molecular weight is 296 g/mol. The molecular weight excluding hydrogens is 268 g/mol. The van der Waals surface area contributed by atoms with Crippen LogP contribution in [0.4, 0.5) is 0 Å². The van der Waals surface area contributed by atoms with Crippen LogP contribution in [0.5, 0.6) is 0 Å². The minimum atomic E-state index is -0.613. The second-order valence-corrected chi connectivity index (χ2v) is 7.32. The molecule has 3 rings (SSSR count). The molecule has 0 aromatic rings. The highest BCUT2D eigenvalue weighted by atomic mass is 16.5. The molecule has 3 aliphatic heterocycles. The van der Waals surface area contributed by atoms with Gasteiger partial charge in [-0.3, -0.25) is 14.6 Å². The summed E-state index contributed by atoms with van der Waals surface area (Å²) in [5.74, 6) is -0.0830. The van der Waals surface area contributed by atoms with Gasteiger partial charge in [0.25, 0.3) is 0 Å². The SMILES string of the molecule is CC(C)CN1CCOC(CN2C3CCC2C(C(=O)O)C3)C1. The van der Waals surface area contributed by atoms with Crippen molar-refractivity contribution in [2.45, 2.75) is 51.3 Å². The Morgan fingerprint density at radius 1 is 1.38 bits per heavy atom. The molecule has 5 heteroatoms. The van der Waals surface area contributed by atoms with Crippen molar-refractivity contribution in [2.75, 3.05) is 32.8 Å². The first-order chi connectivity index (χ1) is 10.0. The van der Waals surface area contributed by atoms with Gasteiger partial charge in [0.05, 0.1) is 18.6 Å². The first-order valence-corrected chi connectivity index (χ1v) is 8.37. The van der Waals surface area contributed by atoms with Crippen LogP contribution < -0.4 is 0 Å². The van der Waals surface area contributed by atoms with E-state index >= 15 is 0 Å². The molecule has 0 saturated carbocycles. The molecule has 3 fully saturated rings. The molecule has 0 aliphatic carbocycles. The zero-order chi connectivity index (χ0) is 15.0. The number of carbonyl (C=O) groups is 1. The Hall–Kier alpha value is -0.650. The van der Waals surface area contributed by atoms with E-state index in [2.05, 4.69) is 23.6 Å². The van der Waals surface area contributed by atoms with Crippen molar-refractivity contribution in [1.29, 1.82) is 0 Å². The second-order valence-electron chi connectivity index (χ2n) is 7.32. The van der Waals surface area contributed by atoms with Crippen molar-refractivity contribution < 1.29 is 14.6 Å². The zero-order valence-corrected chi connectivity index (χ0v) is 13.2. The van der Waals surface area contributed by atoms with Gasteiger partial charge >= 0.3 is 5.97 Å². The third kappa shape index (κ3) is 3.25. The molecular formula is C16H28N2O3. The fourth-order valence-electron chi connectivity index (χ4n) is 4.46. The number of aliphatic carboxylic acids is 1. The highest BCUT2D eigenvalue weighted by Crippen LogP contribution is 2.41. The van der Waals surface area contributed by atoms with E-state index in [1.165, 1.54) is 0 Å². The Labute approximate surface area is 127 Å². The standard InChI is InChI=1S/C16H28N2O3/c1-11(2)8-17-5-6-21-13(9-17)10-18-12-3-4-15(18)14(7-12)16(19)20/h11-15H,3-10H2,1-2H3,(H,19,20). The lowest BCUT2D eigenvalue weighted by atomic mass is 9.89. The minimum absolute atomic E-state index is 0.154. The summed E-state index contributed by atoms with van der Waals surface area (Å²) in [7, 11) is 0. The molecule has 2 bridgehead atoms. The fourth-order valence-corrected chi connectivity index (χ4v) is 4.46. The van der Waals surface area contributed by atoms with E-state index in [4.69, 9.17) is 4.74 Å². The van der Waals surface area contributed by atoms with E-state index in [1.807, 2.05) is 0 Å². The van der Waals surface area contributed by atoms with Crippen molar-refractivity contribution in [3.05, 3.63) is 0 Å². The molecule has 120 valence electrons. The van der Waals surface area contributed by atoms with Crippen molar-refractivity contribution in [3.63, 3.8) is 0 Å². The van der Waals surface area contributed by atoms with E-state index in [0.717, 1.165) is 52.0 Å². The lowest BCUT2D eigenvalue weighted by Gasteiger charge is -2.36. The summed E-state index contributed by atoms with van der Waals surface area (Å²) in [4.78, 5) is 16.3. The van der Waals surface area contributed by atoms with Crippen molar-refractivity contribution >= 4 is 5.97 Å². The van der Waals surface area contributed by atoms with Gasteiger partial charge in [-0.1, -0.05) is 13.8 Å². The monoisotopic (exact) mass is 296 g/mol. The van der Waals surface area contributed by atoms with Gasteiger partial charge in [0, 0.05) is 38.3 Å². The topological polar surface area (TPSA) is 53.0 Å². The molecule has 3 heterocycles. The minimum Gasteiger partial charge on any atom is -0.481 e. The van der Waals surface area contributed by atoms with Crippen LogP contribution in [0.2, 0.25) is 0 Å². The summed E-state index contributed by atoms with van der Waals surface area (Å²) in [6.45, 7) is 9.37. The second kappa shape index (κ2) is 6.23. The molecule has 4 atom stereocenters. The summed E-state index contributed by atoms with van der Waals surface area (Å²) in [5.41, 5.74) is 0. The largest absolute Gasteiger partial charge is 0.481 e. The lowest BCUT2D eigenvalue weighted by molar-refractivity contribution is -0.142. The summed E-state index contributed by atoms with van der Waals surface area (Å²) >= 11 is 0. The lowest BCUT2D eigenvalue weighted by Crippen LogP contribution is -2.49. The van der Waals surface area contributed by atoms with Gasteiger partial charge in [0.15, 0.2) is 0 Å². The summed E-state index contributed by atoms with van der Waals surface area (Å²) < 4.78 is 5.94. The van der Waals surface area contributed by atoms with Crippen LogP contribution >= 0.6 is 0 Å². The summed E-state index contributed by atoms with van der Waals surface area (Å²) in [5, 5.41) is 9.33. The summed E-state index contributed by atoms with van der Waals surface area (Å²) in [6, 6.07) is 0.719. The molecule has 3 aliphatic rings. The van der Waals surface area contributed by atoms with Crippen LogP contribution in [-0.4, -0.2) is 71.8 Å². The zero-order valence-electron chi connectivity index (χ0n) is 13.2. The van der Waals surface area contributed by atoms with Gasteiger partial charge in [-0.15, -0.1) is 0 Å². The molecule has 0 radical (unpaired) electrons. The maximum absolute atomic E-state index is 11.3. The normalized spacial score (nSPS) is 37.5. The molecule has 21 heavy (non-hydrogen) atoms. The van der Waals surface area contributed by atoms with Gasteiger partial charge < -0.3 is 9.84 Å². The maximum Gasteiger partial charge on any atom is 0.308 e. The van der Waals surface area contributed by atoms with Crippen LogP contribution in [0, 0.1) is 11.8 Å². The van der Waals surface area contributed by atoms with Crippen LogP contribution in [0.25, 0.3) is 0 Å². The van der Waals surface area contributed by atoms with Gasteiger partial charge in [-0.25, -0.2) is 0 Å². The fraction of sp³-hybridized carbons (Fsp3) is 0.938. The molecule has 5 nitrogen and oxygen atoms in total. The van der Waals surface area contributed by atoms with Crippen molar-refractivity contribution in [2.24, 2.45) is 11.8 Å². The summed E-state index contributed by atoms with van der Waals surface area (Å²) in [6.07, 6.45) is 3.29. The molecule has 1 N–H and O–H groups in total. The number of hydrogen-bond acceptors (Lipinski definition) is 4. The van der Waals surface area contributed by atoms with Crippen LogP contribution in [0.3, 0.4) is 0 Å². The molecule has 0 amide bonds. The van der Waals surface area contributed by atoms with E-state index in [1.54, 1.807) is 0 Å². The predicted molar refractivity (Wildman–Crippen MR) is 80.3 cm³/mol. The Morgan fingerprint density at radius 3 is 2.86 bits per heavy atom. The van der Waals surface area contributed by atoms with E-state index in [0.29, 0.717) is 12.0 Å². The highest BCUT2D eigenvalue weighted by Gasteiger charge is 2.49. The number of fused-ring (bicyclic) bond motifs is 2. The number of carboxylic acid groups (broad SMARTS) is 1. The number of carboxylic acids is 1. The Bertz CT molecular complexity index is 388. The Morgan fingerprint density at radius 2 is 2.19 bits per heavy atom. The van der Waals surface area contributed by atoms with Gasteiger partial charge in [-0.2, -0.15) is 0 Å². The quantitative estimate of drug-likeness (QED) is 0.828. The molecule has 0 spiro atoms. The van der Waals surface area contributed by atoms with Gasteiger partial charge in [-0.05, 0) is 25.2 Å². The average Bonchev–Trinajstić information content (AvgIpc) is 2.95. The number of ether oxygens (including phenoxy) is 1. The molecule has 4 unspecified atom stereocenters. The van der Waals surface area contributed by atoms with Crippen LogP contribution in [0.15, 0.2) is 0 Å². The number of hydrogen-bond donors (Lipinski definition) is 1. The van der Waals surface area contributed by atoms with Crippen LogP contribution in [-0.2, 0) is 9.53 Å². The Kier molecular flexibility index (Phi) is 4.52. The first-order valence-electron chi connectivity index (χ1n) is 8.37. The van der Waals surface area contributed by atoms with Crippen LogP contribution in [0.1, 0.15) is 33.1 Å². The molecule has 0 aromatic heterocycles. The highest BCUT2D eigenvalue weighted by molar-refractivity contribution is 5.71. The molecule has 3 saturated heterocycles. The van der Waals surface area contributed by atoms with Crippen molar-refractivity contribution in [1.82, 2.24) is 9.80 Å². The smallest absolute Gasteiger partial charge is 0.308 e. The molecule has 0 aromatic carbocycles. The van der Waals surface area contributed by atoms with Gasteiger partial charge in [0.2, 0.25) is 0 Å². The number of morpholine rings is 1. The van der Waals surface area contributed by atoms with E-state index in [9.17, 15) is 9.90 Å². The third-order valence-electron chi connectivity index (χ3n) is 5.26. The third-order valence-corrected chi connectivity index (χ3v) is 5.26. The predicted octanol–water partition coefficient (Wildman–Crippen LogP) is 1.28. The van der Waals surface area contributed by atoms with E-state index in [-0.39, 0.29) is 18.1 Å². The first kappa shape index (κ1) is 15.3. The number of rotatable bonds is 5. The van der Waals surface area contributed by atoms with Crippen molar-refractivity contribution in [3.8, 4) is 0 Å². The maximum atomic E-state index is 11.3. The number of nitrogens with zero attached hydrogens (tertiary/aromatic N) is 2. The van der Waals surface area contributed by atoms with Gasteiger partial charge in [0.1, 0.15) is 0 Å². The van der Waals surface area contributed by atoms with E-state index < -0.39 is 5.97 Å².